The van der Waals surface area contributed by atoms with Crippen molar-refractivity contribution in [3.8, 4) is 5.75 Å². The lowest BCUT2D eigenvalue weighted by atomic mass is 10.1. The summed E-state index contributed by atoms with van der Waals surface area (Å²) in [6, 6.07) is 12.0. The van der Waals surface area contributed by atoms with Crippen LogP contribution in [0.2, 0.25) is 5.02 Å². The van der Waals surface area contributed by atoms with E-state index in [1.54, 1.807) is 6.07 Å². The lowest BCUT2D eigenvalue weighted by molar-refractivity contribution is 0.122. The SMILES string of the molecule is COc1c(F)cc(CN2CCN(Cc3cccc(C)c3)CC2)cc1Cl. The predicted molar refractivity (Wildman–Crippen MR) is 99.7 cm³/mol. The minimum atomic E-state index is -0.400. The summed E-state index contributed by atoms with van der Waals surface area (Å²) in [5, 5.41) is 0.329. The van der Waals surface area contributed by atoms with Crippen LogP contribution in [0, 0.1) is 12.7 Å². The van der Waals surface area contributed by atoms with Crippen molar-refractivity contribution in [3.05, 3.63) is 63.9 Å². The van der Waals surface area contributed by atoms with Crippen LogP contribution >= 0.6 is 11.6 Å². The highest BCUT2D eigenvalue weighted by molar-refractivity contribution is 6.32. The van der Waals surface area contributed by atoms with Crippen molar-refractivity contribution in [3.63, 3.8) is 0 Å². The van der Waals surface area contributed by atoms with Gasteiger partial charge in [-0.1, -0.05) is 41.4 Å². The Balaban J connectivity index is 1.54. The van der Waals surface area contributed by atoms with Gasteiger partial charge < -0.3 is 4.74 Å². The van der Waals surface area contributed by atoms with E-state index in [1.807, 2.05) is 0 Å². The third-order valence-corrected chi connectivity index (χ3v) is 4.90. The number of benzene rings is 2. The second kappa shape index (κ2) is 8.17. The molecule has 25 heavy (non-hydrogen) atoms. The maximum Gasteiger partial charge on any atom is 0.173 e. The third-order valence-electron chi connectivity index (χ3n) is 4.62. The molecule has 1 heterocycles. The lowest BCUT2D eigenvalue weighted by Crippen LogP contribution is -2.45. The molecule has 0 unspecified atom stereocenters. The molecule has 2 aromatic rings. The molecule has 5 heteroatoms. The molecule has 0 bridgehead atoms. The first kappa shape index (κ1) is 18.2. The number of nitrogens with zero attached hydrogens (tertiary/aromatic N) is 2. The molecule has 0 aromatic heterocycles. The molecule has 1 aliphatic heterocycles. The van der Waals surface area contributed by atoms with Crippen molar-refractivity contribution >= 4 is 11.6 Å². The second-order valence-corrected chi connectivity index (χ2v) is 7.04. The predicted octanol–water partition coefficient (Wildman–Crippen LogP) is 4.11. The van der Waals surface area contributed by atoms with Crippen molar-refractivity contribution in [2.45, 2.75) is 20.0 Å². The van der Waals surface area contributed by atoms with E-state index in [2.05, 4.69) is 41.0 Å². The fraction of sp³-hybridized carbons (Fsp3) is 0.400. The summed E-state index contributed by atoms with van der Waals surface area (Å²) in [4.78, 5) is 4.80. The smallest absolute Gasteiger partial charge is 0.173 e. The molecule has 0 radical (unpaired) electrons. The number of aryl methyl sites for hydroxylation is 1. The third kappa shape index (κ3) is 4.72. The van der Waals surface area contributed by atoms with Crippen molar-refractivity contribution < 1.29 is 9.13 Å². The van der Waals surface area contributed by atoms with Crippen LogP contribution in [0.1, 0.15) is 16.7 Å². The summed E-state index contributed by atoms with van der Waals surface area (Å²) < 4.78 is 18.9. The van der Waals surface area contributed by atoms with Crippen molar-refractivity contribution in [2.75, 3.05) is 33.3 Å². The van der Waals surface area contributed by atoms with Gasteiger partial charge in [0.15, 0.2) is 11.6 Å². The molecule has 2 aromatic carbocycles. The molecule has 0 aliphatic carbocycles. The zero-order chi connectivity index (χ0) is 17.8. The van der Waals surface area contributed by atoms with E-state index in [4.69, 9.17) is 16.3 Å². The average molecular weight is 363 g/mol. The van der Waals surface area contributed by atoms with E-state index in [-0.39, 0.29) is 5.75 Å². The van der Waals surface area contributed by atoms with Crippen LogP contribution in [-0.4, -0.2) is 43.1 Å². The van der Waals surface area contributed by atoms with Gasteiger partial charge in [0.1, 0.15) is 0 Å². The average Bonchev–Trinajstić information content (AvgIpc) is 2.56. The monoisotopic (exact) mass is 362 g/mol. The minimum Gasteiger partial charge on any atom is -0.492 e. The highest BCUT2D eigenvalue weighted by Crippen LogP contribution is 2.29. The zero-order valence-corrected chi connectivity index (χ0v) is 15.5. The first-order valence-electron chi connectivity index (χ1n) is 8.57. The molecule has 3 rings (SSSR count). The molecule has 0 N–H and O–H groups in total. The van der Waals surface area contributed by atoms with Gasteiger partial charge >= 0.3 is 0 Å². The Labute approximate surface area is 154 Å². The molecular weight excluding hydrogens is 339 g/mol. The molecule has 134 valence electrons. The lowest BCUT2D eigenvalue weighted by Gasteiger charge is -2.34. The zero-order valence-electron chi connectivity index (χ0n) is 14.8. The van der Waals surface area contributed by atoms with E-state index in [0.29, 0.717) is 11.6 Å². The quantitative estimate of drug-likeness (QED) is 0.796. The fourth-order valence-corrected chi connectivity index (χ4v) is 3.64. The molecule has 3 nitrogen and oxygen atoms in total. The Hall–Kier alpha value is -1.62. The van der Waals surface area contributed by atoms with E-state index in [9.17, 15) is 4.39 Å². The molecule has 1 aliphatic rings. The summed E-state index contributed by atoms with van der Waals surface area (Å²) in [6.07, 6.45) is 0. The van der Waals surface area contributed by atoms with Gasteiger partial charge in [-0.05, 0) is 30.2 Å². The Bertz CT molecular complexity index is 706. The van der Waals surface area contributed by atoms with Crippen LogP contribution in [0.5, 0.6) is 5.75 Å². The van der Waals surface area contributed by atoms with E-state index < -0.39 is 5.82 Å². The Morgan fingerprint density at radius 1 is 1.00 bits per heavy atom. The van der Waals surface area contributed by atoms with Gasteiger partial charge in [-0.25, -0.2) is 4.39 Å². The summed E-state index contributed by atoms with van der Waals surface area (Å²) in [7, 11) is 1.43. The highest BCUT2D eigenvalue weighted by atomic mass is 35.5. The molecule has 0 saturated carbocycles. The minimum absolute atomic E-state index is 0.119. The summed E-state index contributed by atoms with van der Waals surface area (Å²) >= 11 is 6.09. The van der Waals surface area contributed by atoms with Crippen LogP contribution < -0.4 is 4.74 Å². The van der Waals surface area contributed by atoms with Gasteiger partial charge in [-0.3, -0.25) is 9.80 Å². The summed E-state index contributed by atoms with van der Waals surface area (Å²) in [6.45, 7) is 7.78. The first-order valence-corrected chi connectivity index (χ1v) is 8.95. The van der Waals surface area contributed by atoms with Gasteiger partial charge in [0, 0.05) is 39.3 Å². The summed E-state index contributed by atoms with van der Waals surface area (Å²) in [5.74, 6) is -0.281. The largest absolute Gasteiger partial charge is 0.492 e. The summed E-state index contributed by atoms with van der Waals surface area (Å²) in [5.41, 5.74) is 3.54. The van der Waals surface area contributed by atoms with Gasteiger partial charge in [0.25, 0.3) is 0 Å². The molecule has 1 saturated heterocycles. The van der Waals surface area contributed by atoms with Gasteiger partial charge in [-0.2, -0.15) is 0 Å². The van der Waals surface area contributed by atoms with Crippen molar-refractivity contribution in [2.24, 2.45) is 0 Å². The number of halogens is 2. The fourth-order valence-electron chi connectivity index (χ4n) is 3.33. The number of rotatable bonds is 5. The Kier molecular flexibility index (Phi) is 5.94. The maximum atomic E-state index is 14.0. The van der Waals surface area contributed by atoms with Gasteiger partial charge in [0.05, 0.1) is 12.1 Å². The second-order valence-electron chi connectivity index (χ2n) is 6.63. The normalized spacial score (nSPS) is 16.2. The van der Waals surface area contributed by atoms with Gasteiger partial charge in [-0.15, -0.1) is 0 Å². The van der Waals surface area contributed by atoms with Crippen LogP contribution in [0.4, 0.5) is 4.39 Å². The van der Waals surface area contributed by atoms with Crippen molar-refractivity contribution in [1.82, 2.24) is 9.80 Å². The van der Waals surface area contributed by atoms with Crippen LogP contribution in [-0.2, 0) is 13.1 Å². The molecular formula is C20H24ClFN2O. The highest BCUT2D eigenvalue weighted by Gasteiger charge is 2.18. The standard InChI is InChI=1S/C20H24ClFN2O/c1-15-4-3-5-16(10-15)13-23-6-8-24(9-7-23)14-17-11-18(21)20(25-2)19(22)12-17/h3-5,10-12H,6-9,13-14H2,1-2H3. The molecule has 0 spiro atoms. The molecule has 0 atom stereocenters. The number of methoxy groups -OCH3 is 1. The van der Waals surface area contributed by atoms with Crippen LogP contribution in [0.25, 0.3) is 0 Å². The van der Waals surface area contributed by atoms with Crippen molar-refractivity contribution in [1.29, 1.82) is 0 Å². The molecule has 1 fully saturated rings. The molecule has 0 amide bonds. The number of hydrogen-bond acceptors (Lipinski definition) is 3. The number of piperazine rings is 1. The maximum absolute atomic E-state index is 14.0. The van der Waals surface area contributed by atoms with E-state index >= 15 is 0 Å². The van der Waals surface area contributed by atoms with Gasteiger partial charge in [0.2, 0.25) is 0 Å². The van der Waals surface area contributed by atoms with E-state index in [1.165, 1.54) is 24.3 Å². The Morgan fingerprint density at radius 3 is 2.20 bits per heavy atom. The first-order chi connectivity index (χ1) is 12.0. The number of ether oxygens (including phenoxy) is 1. The number of hydrogen-bond donors (Lipinski definition) is 0. The van der Waals surface area contributed by atoms with Crippen LogP contribution in [0.3, 0.4) is 0 Å². The topological polar surface area (TPSA) is 15.7 Å². The van der Waals surface area contributed by atoms with Crippen LogP contribution in [0.15, 0.2) is 36.4 Å². The van der Waals surface area contributed by atoms with E-state index in [0.717, 1.165) is 38.3 Å². The Morgan fingerprint density at radius 2 is 1.64 bits per heavy atom.